The molecule has 1 atom stereocenters. The van der Waals surface area contributed by atoms with Gasteiger partial charge in [0.1, 0.15) is 0 Å². The summed E-state index contributed by atoms with van der Waals surface area (Å²) in [4.78, 5) is 24.4. The Bertz CT molecular complexity index is 801. The highest BCUT2D eigenvalue weighted by Crippen LogP contribution is 2.23. The molecule has 1 N–H and O–H groups in total. The fourth-order valence-corrected chi connectivity index (χ4v) is 4.81. The van der Waals surface area contributed by atoms with E-state index < -0.39 is 22.6 Å². The van der Waals surface area contributed by atoms with E-state index in [1.54, 1.807) is 13.0 Å². The number of hydrogen-bond acceptors (Lipinski definition) is 5. The van der Waals surface area contributed by atoms with Gasteiger partial charge in [-0.15, -0.1) is 0 Å². The molecule has 1 aromatic carbocycles. The Morgan fingerprint density at radius 2 is 1.89 bits per heavy atom. The molecule has 0 aromatic heterocycles. The highest BCUT2D eigenvalue weighted by Gasteiger charge is 2.27. The van der Waals surface area contributed by atoms with Crippen LogP contribution >= 0.6 is 0 Å². The normalized spacial score (nSPS) is 16.4. The fraction of sp³-hybridized carbons (Fsp3) is 0.600. The van der Waals surface area contributed by atoms with Gasteiger partial charge in [0.25, 0.3) is 5.91 Å². The zero-order chi connectivity index (χ0) is 20.7. The standard InChI is InChI=1S/C20H30N2O5S/c1-4-8-16(3)21-19(23)14-27-20(24)18-13-17(10-9-15(18)2)28(25,26)22-11-6-5-7-12-22/h9-10,13,16H,4-8,11-12,14H2,1-3H3,(H,21,23)/t16-/m0/s1. The summed E-state index contributed by atoms with van der Waals surface area (Å²) >= 11 is 0. The van der Waals surface area contributed by atoms with Crippen LogP contribution in [0.5, 0.6) is 0 Å². The third-order valence-electron chi connectivity index (χ3n) is 4.85. The number of amides is 1. The van der Waals surface area contributed by atoms with Gasteiger partial charge in [-0.25, -0.2) is 13.2 Å². The van der Waals surface area contributed by atoms with Crippen LogP contribution in [0.25, 0.3) is 0 Å². The summed E-state index contributed by atoms with van der Waals surface area (Å²) in [6, 6.07) is 4.46. The van der Waals surface area contributed by atoms with Gasteiger partial charge in [-0.1, -0.05) is 25.8 Å². The van der Waals surface area contributed by atoms with Crippen molar-refractivity contribution in [2.45, 2.75) is 63.8 Å². The molecule has 7 nitrogen and oxygen atoms in total. The van der Waals surface area contributed by atoms with Crippen molar-refractivity contribution in [3.8, 4) is 0 Å². The number of carbonyl (C=O) groups excluding carboxylic acids is 2. The molecule has 0 spiro atoms. The molecule has 1 saturated heterocycles. The molecule has 1 aliphatic heterocycles. The first kappa shape index (κ1) is 22.4. The summed E-state index contributed by atoms with van der Waals surface area (Å²) in [7, 11) is -3.64. The lowest BCUT2D eigenvalue weighted by Crippen LogP contribution is -2.36. The molecule has 0 aliphatic carbocycles. The number of ether oxygens (including phenoxy) is 1. The Hall–Kier alpha value is -1.93. The van der Waals surface area contributed by atoms with Gasteiger partial charge < -0.3 is 10.1 Å². The van der Waals surface area contributed by atoms with Gasteiger partial charge in [-0.2, -0.15) is 4.31 Å². The van der Waals surface area contributed by atoms with E-state index in [0.717, 1.165) is 32.1 Å². The van der Waals surface area contributed by atoms with E-state index in [1.807, 2.05) is 13.8 Å². The van der Waals surface area contributed by atoms with Crippen molar-refractivity contribution < 1.29 is 22.7 Å². The van der Waals surface area contributed by atoms with E-state index in [9.17, 15) is 18.0 Å². The van der Waals surface area contributed by atoms with Crippen molar-refractivity contribution in [1.82, 2.24) is 9.62 Å². The maximum atomic E-state index is 12.8. The average molecular weight is 411 g/mol. The summed E-state index contributed by atoms with van der Waals surface area (Å²) in [6.45, 7) is 6.21. The fourth-order valence-electron chi connectivity index (χ4n) is 3.27. The van der Waals surface area contributed by atoms with Crippen molar-refractivity contribution in [2.75, 3.05) is 19.7 Å². The van der Waals surface area contributed by atoms with Crippen molar-refractivity contribution in [1.29, 1.82) is 0 Å². The number of rotatable bonds is 8. The molecule has 1 amide bonds. The quantitative estimate of drug-likeness (QED) is 0.665. The molecule has 0 saturated carbocycles. The van der Waals surface area contributed by atoms with Crippen LogP contribution in [-0.4, -0.2) is 50.3 Å². The van der Waals surface area contributed by atoms with Crippen LogP contribution in [0, 0.1) is 6.92 Å². The first-order valence-corrected chi connectivity index (χ1v) is 11.3. The highest BCUT2D eigenvalue weighted by atomic mass is 32.2. The third kappa shape index (κ3) is 5.78. The van der Waals surface area contributed by atoms with E-state index in [0.29, 0.717) is 18.7 Å². The maximum absolute atomic E-state index is 12.8. The smallest absolute Gasteiger partial charge is 0.338 e. The molecule has 1 heterocycles. The number of sulfonamides is 1. The van der Waals surface area contributed by atoms with Gasteiger partial charge in [0, 0.05) is 19.1 Å². The van der Waals surface area contributed by atoms with Crippen LogP contribution in [0.15, 0.2) is 23.1 Å². The van der Waals surface area contributed by atoms with E-state index in [1.165, 1.54) is 16.4 Å². The SMILES string of the molecule is CCC[C@H](C)NC(=O)COC(=O)c1cc(S(=O)(=O)N2CCCCC2)ccc1C. The zero-order valence-electron chi connectivity index (χ0n) is 16.9. The minimum absolute atomic E-state index is 0.0101. The van der Waals surface area contributed by atoms with Crippen molar-refractivity contribution in [2.24, 2.45) is 0 Å². The lowest BCUT2D eigenvalue weighted by Gasteiger charge is -2.26. The van der Waals surface area contributed by atoms with E-state index in [-0.39, 0.29) is 22.4 Å². The molecule has 28 heavy (non-hydrogen) atoms. The molecular formula is C20H30N2O5S. The largest absolute Gasteiger partial charge is 0.452 e. The summed E-state index contributed by atoms with van der Waals surface area (Å²) < 4.78 is 32.2. The number of hydrogen-bond donors (Lipinski definition) is 1. The maximum Gasteiger partial charge on any atom is 0.338 e. The molecular weight excluding hydrogens is 380 g/mol. The van der Waals surface area contributed by atoms with Gasteiger partial charge in [-0.3, -0.25) is 4.79 Å². The summed E-state index contributed by atoms with van der Waals surface area (Å²) in [5, 5.41) is 2.76. The number of esters is 1. The van der Waals surface area contributed by atoms with Crippen LogP contribution in [0.4, 0.5) is 0 Å². The number of nitrogens with one attached hydrogen (secondary N) is 1. The second-order valence-electron chi connectivity index (χ2n) is 7.27. The number of aryl methyl sites for hydroxylation is 1. The Labute approximate surface area is 167 Å². The molecule has 0 bridgehead atoms. The minimum atomic E-state index is -3.64. The second-order valence-corrected chi connectivity index (χ2v) is 9.21. The Morgan fingerprint density at radius 3 is 2.54 bits per heavy atom. The van der Waals surface area contributed by atoms with Crippen molar-refractivity contribution >= 4 is 21.9 Å². The summed E-state index contributed by atoms with van der Waals surface area (Å²) in [6.07, 6.45) is 4.49. The van der Waals surface area contributed by atoms with Crippen LogP contribution in [0.3, 0.4) is 0 Å². The highest BCUT2D eigenvalue weighted by molar-refractivity contribution is 7.89. The summed E-state index contributed by atoms with van der Waals surface area (Å²) in [5.74, 6) is -1.07. The molecule has 2 rings (SSSR count). The Balaban J connectivity index is 2.08. The Morgan fingerprint density at radius 1 is 1.21 bits per heavy atom. The van der Waals surface area contributed by atoms with Gasteiger partial charge in [0.15, 0.2) is 6.61 Å². The van der Waals surface area contributed by atoms with Crippen LogP contribution in [-0.2, 0) is 19.6 Å². The molecule has 156 valence electrons. The van der Waals surface area contributed by atoms with Gasteiger partial charge in [0.2, 0.25) is 10.0 Å². The molecule has 1 aliphatic rings. The first-order valence-electron chi connectivity index (χ1n) is 9.83. The number of nitrogens with zero attached hydrogens (tertiary/aromatic N) is 1. The third-order valence-corrected chi connectivity index (χ3v) is 6.74. The number of carbonyl (C=O) groups is 2. The lowest BCUT2D eigenvalue weighted by molar-refractivity contribution is -0.124. The van der Waals surface area contributed by atoms with Gasteiger partial charge in [-0.05, 0) is 50.8 Å². The predicted molar refractivity (Wildman–Crippen MR) is 107 cm³/mol. The number of benzene rings is 1. The van der Waals surface area contributed by atoms with E-state index >= 15 is 0 Å². The monoisotopic (exact) mass is 410 g/mol. The van der Waals surface area contributed by atoms with Gasteiger partial charge in [0.05, 0.1) is 10.5 Å². The van der Waals surface area contributed by atoms with Crippen LogP contribution in [0.1, 0.15) is 61.9 Å². The molecule has 8 heteroatoms. The predicted octanol–water partition coefficient (Wildman–Crippen LogP) is 2.63. The first-order chi connectivity index (χ1) is 13.3. The van der Waals surface area contributed by atoms with Gasteiger partial charge >= 0.3 is 5.97 Å². The zero-order valence-corrected chi connectivity index (χ0v) is 17.7. The average Bonchev–Trinajstić information content (AvgIpc) is 2.67. The minimum Gasteiger partial charge on any atom is -0.452 e. The molecule has 0 unspecified atom stereocenters. The second kappa shape index (κ2) is 10.0. The van der Waals surface area contributed by atoms with E-state index in [4.69, 9.17) is 4.74 Å². The van der Waals surface area contributed by atoms with Crippen molar-refractivity contribution in [3.05, 3.63) is 29.3 Å². The lowest BCUT2D eigenvalue weighted by atomic mass is 10.1. The van der Waals surface area contributed by atoms with E-state index in [2.05, 4.69) is 5.32 Å². The molecule has 0 radical (unpaired) electrons. The Kier molecular flexibility index (Phi) is 8.00. The van der Waals surface area contributed by atoms with Crippen LogP contribution in [0.2, 0.25) is 0 Å². The topological polar surface area (TPSA) is 92.8 Å². The number of piperidine rings is 1. The summed E-state index contributed by atoms with van der Waals surface area (Å²) in [5.41, 5.74) is 0.759. The van der Waals surface area contributed by atoms with Crippen molar-refractivity contribution in [3.63, 3.8) is 0 Å². The molecule has 1 fully saturated rings. The molecule has 1 aromatic rings. The van der Waals surface area contributed by atoms with Crippen LogP contribution < -0.4 is 5.32 Å².